The Bertz CT molecular complexity index is 602. The quantitative estimate of drug-likeness (QED) is 0.324. The van der Waals surface area contributed by atoms with Crippen molar-refractivity contribution in [3.05, 3.63) is 35.1 Å². The van der Waals surface area contributed by atoms with Gasteiger partial charge in [-0.2, -0.15) is 0 Å². The number of piperazine rings is 1. The number of guanidine groups is 1. The number of nitrogens with one attached hydrogen (secondary N) is 2. The van der Waals surface area contributed by atoms with E-state index >= 15 is 0 Å². The lowest BCUT2D eigenvalue weighted by Crippen LogP contribution is -2.48. The van der Waals surface area contributed by atoms with Crippen molar-refractivity contribution >= 4 is 29.9 Å². The molecule has 0 spiro atoms. The molecule has 1 aliphatic heterocycles. The number of aryl methyl sites for hydroxylation is 1. The average molecular weight is 505 g/mol. The molecule has 28 heavy (non-hydrogen) atoms. The third-order valence-electron chi connectivity index (χ3n) is 5.10. The van der Waals surface area contributed by atoms with E-state index in [0.717, 1.165) is 50.8 Å². The van der Waals surface area contributed by atoms with Crippen LogP contribution in [0.1, 0.15) is 31.9 Å². The monoisotopic (exact) mass is 505 g/mol. The molecular formula is C21H37FIN5. The van der Waals surface area contributed by atoms with Crippen molar-refractivity contribution in [2.24, 2.45) is 10.9 Å². The lowest BCUT2D eigenvalue weighted by atomic mass is 10.1. The van der Waals surface area contributed by atoms with E-state index in [9.17, 15) is 4.39 Å². The largest absolute Gasteiger partial charge is 0.357 e. The number of hydrogen-bond donors (Lipinski definition) is 2. The van der Waals surface area contributed by atoms with Crippen LogP contribution < -0.4 is 10.6 Å². The Kier molecular flexibility index (Phi) is 11.9. The van der Waals surface area contributed by atoms with Crippen LogP contribution in [0.15, 0.2) is 23.2 Å². The summed E-state index contributed by atoms with van der Waals surface area (Å²) in [5.74, 6) is 1.16. The Hall–Kier alpha value is -0.930. The molecule has 0 radical (unpaired) electrons. The molecule has 1 atom stereocenters. The maximum Gasteiger partial charge on any atom is 0.191 e. The average Bonchev–Trinajstić information content (AvgIpc) is 2.67. The van der Waals surface area contributed by atoms with Crippen molar-refractivity contribution in [2.75, 3.05) is 52.4 Å². The molecule has 2 rings (SSSR count). The second-order valence-electron chi connectivity index (χ2n) is 7.50. The van der Waals surface area contributed by atoms with E-state index in [-0.39, 0.29) is 29.8 Å². The minimum absolute atomic E-state index is 0. The van der Waals surface area contributed by atoms with Crippen LogP contribution in [0.4, 0.5) is 4.39 Å². The van der Waals surface area contributed by atoms with Gasteiger partial charge in [-0.3, -0.25) is 0 Å². The Balaban J connectivity index is 0.00000392. The van der Waals surface area contributed by atoms with Crippen LogP contribution in [0.5, 0.6) is 0 Å². The van der Waals surface area contributed by atoms with Gasteiger partial charge in [-0.25, -0.2) is 9.38 Å². The lowest BCUT2D eigenvalue weighted by molar-refractivity contribution is 0.124. The minimum atomic E-state index is -0.169. The summed E-state index contributed by atoms with van der Waals surface area (Å²) in [5.41, 5.74) is 1.55. The highest BCUT2D eigenvalue weighted by Crippen LogP contribution is 2.10. The second-order valence-corrected chi connectivity index (χ2v) is 7.50. The van der Waals surface area contributed by atoms with Crippen LogP contribution in [0, 0.1) is 18.7 Å². The smallest absolute Gasteiger partial charge is 0.191 e. The van der Waals surface area contributed by atoms with E-state index in [2.05, 4.69) is 46.2 Å². The maximum atomic E-state index is 13.7. The van der Waals surface area contributed by atoms with Crippen LogP contribution in [0.25, 0.3) is 0 Å². The van der Waals surface area contributed by atoms with Crippen molar-refractivity contribution in [3.63, 3.8) is 0 Å². The first-order chi connectivity index (χ1) is 13.0. The summed E-state index contributed by atoms with van der Waals surface area (Å²) < 4.78 is 13.7. The van der Waals surface area contributed by atoms with Gasteiger partial charge in [0.2, 0.25) is 0 Å². The predicted molar refractivity (Wildman–Crippen MR) is 127 cm³/mol. The van der Waals surface area contributed by atoms with Gasteiger partial charge in [-0.1, -0.05) is 26.0 Å². The second kappa shape index (κ2) is 13.3. The Morgan fingerprint density at radius 2 is 1.82 bits per heavy atom. The molecule has 2 N–H and O–H groups in total. The molecule has 1 aromatic carbocycles. The molecule has 1 aliphatic rings. The molecule has 1 saturated heterocycles. The molecule has 0 aromatic heterocycles. The Morgan fingerprint density at radius 1 is 1.14 bits per heavy atom. The molecule has 160 valence electrons. The number of likely N-dealkylation sites (N-methyl/N-ethyl adjacent to an activating group) is 1. The molecule has 0 amide bonds. The van der Waals surface area contributed by atoms with E-state index in [1.165, 1.54) is 13.1 Å². The standard InChI is InChI=1S/C21H36FN5.HI/c1-5-23-21(25-15-19-8-7-18(4)20(22)13-19)24-14-17(3)16-27-11-9-26(6-2)10-12-27;/h7-8,13,17H,5-6,9-12,14-16H2,1-4H3,(H2,23,24,25);1H. The summed E-state index contributed by atoms with van der Waals surface area (Å²) in [4.78, 5) is 9.66. The summed E-state index contributed by atoms with van der Waals surface area (Å²) in [6.45, 7) is 17.4. The molecule has 1 unspecified atom stereocenters. The van der Waals surface area contributed by atoms with Gasteiger partial charge in [0.1, 0.15) is 5.82 Å². The van der Waals surface area contributed by atoms with Gasteiger partial charge in [-0.05, 0) is 43.5 Å². The molecule has 0 bridgehead atoms. The van der Waals surface area contributed by atoms with Crippen molar-refractivity contribution in [1.29, 1.82) is 0 Å². The van der Waals surface area contributed by atoms with Crippen LogP contribution in [-0.2, 0) is 6.54 Å². The van der Waals surface area contributed by atoms with Crippen LogP contribution in [-0.4, -0.2) is 68.1 Å². The molecular weight excluding hydrogens is 468 g/mol. The van der Waals surface area contributed by atoms with Gasteiger partial charge >= 0.3 is 0 Å². The minimum Gasteiger partial charge on any atom is -0.357 e. The maximum absolute atomic E-state index is 13.7. The number of rotatable bonds is 8. The van der Waals surface area contributed by atoms with Crippen molar-refractivity contribution in [2.45, 2.75) is 34.2 Å². The first-order valence-electron chi connectivity index (χ1n) is 10.2. The summed E-state index contributed by atoms with van der Waals surface area (Å²) >= 11 is 0. The van der Waals surface area contributed by atoms with E-state index < -0.39 is 0 Å². The number of nitrogens with zero attached hydrogens (tertiary/aromatic N) is 3. The van der Waals surface area contributed by atoms with Crippen LogP contribution in [0.2, 0.25) is 0 Å². The number of hydrogen-bond acceptors (Lipinski definition) is 3. The first kappa shape index (κ1) is 25.1. The summed E-state index contributed by atoms with van der Waals surface area (Å²) in [7, 11) is 0. The van der Waals surface area contributed by atoms with Gasteiger partial charge in [0.05, 0.1) is 6.54 Å². The highest BCUT2D eigenvalue weighted by molar-refractivity contribution is 14.0. The SMILES string of the molecule is CCNC(=NCc1ccc(C)c(F)c1)NCC(C)CN1CCN(CC)CC1.I. The van der Waals surface area contributed by atoms with Crippen molar-refractivity contribution < 1.29 is 4.39 Å². The van der Waals surface area contributed by atoms with Crippen LogP contribution >= 0.6 is 24.0 Å². The van der Waals surface area contributed by atoms with E-state index in [0.29, 0.717) is 18.0 Å². The zero-order chi connectivity index (χ0) is 19.6. The highest BCUT2D eigenvalue weighted by atomic mass is 127. The fraction of sp³-hybridized carbons (Fsp3) is 0.667. The highest BCUT2D eigenvalue weighted by Gasteiger charge is 2.17. The van der Waals surface area contributed by atoms with E-state index in [1.807, 2.05) is 6.07 Å². The fourth-order valence-electron chi connectivity index (χ4n) is 3.31. The molecule has 1 aromatic rings. The third kappa shape index (κ3) is 8.61. The Morgan fingerprint density at radius 3 is 2.43 bits per heavy atom. The van der Waals surface area contributed by atoms with E-state index in [4.69, 9.17) is 0 Å². The zero-order valence-electron chi connectivity index (χ0n) is 17.8. The molecule has 5 nitrogen and oxygen atoms in total. The van der Waals surface area contributed by atoms with Crippen molar-refractivity contribution in [3.8, 4) is 0 Å². The molecule has 7 heteroatoms. The van der Waals surface area contributed by atoms with Gasteiger partial charge in [-0.15, -0.1) is 24.0 Å². The number of aliphatic imine (C=N–C) groups is 1. The first-order valence-corrected chi connectivity index (χ1v) is 10.2. The summed E-state index contributed by atoms with van der Waals surface area (Å²) in [6.07, 6.45) is 0. The van der Waals surface area contributed by atoms with Gasteiger partial charge in [0.15, 0.2) is 5.96 Å². The van der Waals surface area contributed by atoms with E-state index in [1.54, 1.807) is 19.1 Å². The van der Waals surface area contributed by atoms with Gasteiger partial charge in [0, 0.05) is 45.8 Å². The molecule has 0 saturated carbocycles. The third-order valence-corrected chi connectivity index (χ3v) is 5.10. The predicted octanol–water partition coefficient (Wildman–Crippen LogP) is 3.08. The Labute approximate surface area is 187 Å². The fourth-order valence-corrected chi connectivity index (χ4v) is 3.31. The summed E-state index contributed by atoms with van der Waals surface area (Å²) in [5, 5.41) is 6.71. The normalized spacial score (nSPS) is 17.1. The molecule has 1 heterocycles. The number of halogens is 2. The zero-order valence-corrected chi connectivity index (χ0v) is 20.1. The van der Waals surface area contributed by atoms with Crippen molar-refractivity contribution in [1.82, 2.24) is 20.4 Å². The molecule has 0 aliphatic carbocycles. The number of benzene rings is 1. The summed E-state index contributed by atoms with van der Waals surface area (Å²) in [6, 6.07) is 5.31. The van der Waals surface area contributed by atoms with Gasteiger partial charge < -0.3 is 20.4 Å². The lowest BCUT2D eigenvalue weighted by Gasteiger charge is -2.35. The molecule has 1 fully saturated rings. The topological polar surface area (TPSA) is 42.9 Å². The van der Waals surface area contributed by atoms with Crippen LogP contribution in [0.3, 0.4) is 0 Å². The van der Waals surface area contributed by atoms with Gasteiger partial charge in [0.25, 0.3) is 0 Å².